The summed E-state index contributed by atoms with van der Waals surface area (Å²) in [5, 5.41) is 4.15. The third-order valence-electron chi connectivity index (χ3n) is 2.12. The first-order chi connectivity index (χ1) is 8.54. The van der Waals surface area contributed by atoms with Crippen LogP contribution in [0.5, 0.6) is 0 Å². The van der Waals surface area contributed by atoms with Gasteiger partial charge in [0.1, 0.15) is 6.54 Å². The van der Waals surface area contributed by atoms with Gasteiger partial charge in [-0.3, -0.25) is 14.4 Å². The molecule has 0 aromatic carbocycles. The molecule has 0 bridgehead atoms. The summed E-state index contributed by atoms with van der Waals surface area (Å²) in [6.45, 7) is -0.301. The minimum absolute atomic E-state index is 0.103. The molecule has 0 saturated heterocycles. The molecule has 1 heterocycles. The predicted octanol–water partition coefficient (Wildman–Crippen LogP) is 0.109. The second-order valence-electron chi connectivity index (χ2n) is 3.49. The van der Waals surface area contributed by atoms with Gasteiger partial charge in [0.15, 0.2) is 0 Å². The Morgan fingerprint density at radius 1 is 1.44 bits per heavy atom. The van der Waals surface area contributed by atoms with E-state index in [1.165, 1.54) is 30.4 Å². The molecule has 0 aliphatic heterocycles. The van der Waals surface area contributed by atoms with Crippen molar-refractivity contribution in [1.29, 1.82) is 0 Å². The Hall–Kier alpha value is -1.89. The Morgan fingerprint density at radius 2 is 2.17 bits per heavy atom. The van der Waals surface area contributed by atoms with E-state index in [1.54, 1.807) is 17.5 Å². The molecular weight excluding hydrogens is 256 g/mol. The molecule has 0 saturated carbocycles. The summed E-state index contributed by atoms with van der Waals surface area (Å²) < 4.78 is 4.38. The van der Waals surface area contributed by atoms with Crippen molar-refractivity contribution >= 4 is 29.1 Å². The molecule has 1 aromatic heterocycles. The molecule has 1 rings (SSSR count). The lowest BCUT2D eigenvalue weighted by Gasteiger charge is -2.15. The van der Waals surface area contributed by atoms with Crippen molar-refractivity contribution in [2.24, 2.45) is 0 Å². The number of carbonyl (C=O) groups is 3. The van der Waals surface area contributed by atoms with Gasteiger partial charge in [-0.05, 0) is 11.4 Å². The smallest absolute Gasteiger partial charge is 0.325 e. The Balaban J connectivity index is 2.40. The van der Waals surface area contributed by atoms with Gasteiger partial charge >= 0.3 is 5.97 Å². The van der Waals surface area contributed by atoms with Crippen molar-refractivity contribution in [3.05, 3.63) is 22.4 Å². The molecule has 0 radical (unpaired) electrons. The molecule has 1 aromatic rings. The van der Waals surface area contributed by atoms with Gasteiger partial charge in [-0.1, -0.05) is 6.07 Å². The number of rotatable bonds is 5. The van der Waals surface area contributed by atoms with Crippen molar-refractivity contribution in [2.75, 3.05) is 27.2 Å². The van der Waals surface area contributed by atoms with Gasteiger partial charge in [0.25, 0.3) is 5.91 Å². The highest BCUT2D eigenvalue weighted by atomic mass is 32.1. The van der Waals surface area contributed by atoms with Gasteiger partial charge in [0.05, 0.1) is 18.5 Å². The predicted molar refractivity (Wildman–Crippen MR) is 66.3 cm³/mol. The van der Waals surface area contributed by atoms with E-state index in [9.17, 15) is 14.4 Å². The van der Waals surface area contributed by atoms with Crippen LogP contribution in [0.1, 0.15) is 9.67 Å². The Bertz CT molecular complexity index is 430. The molecule has 18 heavy (non-hydrogen) atoms. The fourth-order valence-electron chi connectivity index (χ4n) is 1.17. The Morgan fingerprint density at radius 3 is 2.72 bits per heavy atom. The zero-order chi connectivity index (χ0) is 13.5. The van der Waals surface area contributed by atoms with Crippen LogP contribution in [0.25, 0.3) is 0 Å². The number of nitrogens with one attached hydrogen (secondary N) is 1. The SMILES string of the molecule is COC(=O)CNC(=O)CN(C)C(=O)c1cccs1. The largest absolute Gasteiger partial charge is 0.468 e. The van der Waals surface area contributed by atoms with Crippen LogP contribution in [0.3, 0.4) is 0 Å². The zero-order valence-electron chi connectivity index (χ0n) is 10.1. The van der Waals surface area contributed by atoms with E-state index >= 15 is 0 Å². The van der Waals surface area contributed by atoms with E-state index in [4.69, 9.17) is 0 Å². The van der Waals surface area contributed by atoms with Crippen LogP contribution in [-0.2, 0) is 14.3 Å². The summed E-state index contributed by atoms with van der Waals surface area (Å²) in [6, 6.07) is 3.46. The normalized spacial score (nSPS) is 9.67. The van der Waals surface area contributed by atoms with E-state index < -0.39 is 11.9 Å². The molecule has 0 aliphatic rings. The number of methoxy groups -OCH3 is 1. The topological polar surface area (TPSA) is 75.7 Å². The quantitative estimate of drug-likeness (QED) is 0.770. The molecule has 0 spiro atoms. The van der Waals surface area contributed by atoms with Crippen molar-refractivity contribution in [1.82, 2.24) is 10.2 Å². The fraction of sp³-hybridized carbons (Fsp3) is 0.364. The maximum Gasteiger partial charge on any atom is 0.325 e. The first-order valence-corrected chi connectivity index (χ1v) is 6.05. The average Bonchev–Trinajstić information content (AvgIpc) is 2.88. The number of ether oxygens (including phenoxy) is 1. The van der Waals surface area contributed by atoms with Crippen molar-refractivity contribution in [3.8, 4) is 0 Å². The van der Waals surface area contributed by atoms with E-state index in [2.05, 4.69) is 10.1 Å². The highest BCUT2D eigenvalue weighted by molar-refractivity contribution is 7.12. The van der Waals surface area contributed by atoms with Gasteiger partial charge in [0.2, 0.25) is 5.91 Å². The van der Waals surface area contributed by atoms with Crippen LogP contribution in [0.2, 0.25) is 0 Å². The molecule has 1 N–H and O–H groups in total. The Kier molecular flexibility index (Phi) is 5.31. The summed E-state index contributed by atoms with van der Waals surface area (Å²) in [5.41, 5.74) is 0. The second-order valence-corrected chi connectivity index (χ2v) is 4.44. The van der Waals surface area contributed by atoms with Gasteiger partial charge in [-0.15, -0.1) is 11.3 Å². The number of hydrogen-bond donors (Lipinski definition) is 1. The summed E-state index contributed by atoms with van der Waals surface area (Å²) in [7, 11) is 2.76. The highest BCUT2D eigenvalue weighted by Crippen LogP contribution is 2.10. The maximum absolute atomic E-state index is 11.8. The zero-order valence-corrected chi connectivity index (χ0v) is 11.0. The molecule has 2 amide bonds. The highest BCUT2D eigenvalue weighted by Gasteiger charge is 2.15. The number of hydrogen-bond acceptors (Lipinski definition) is 5. The maximum atomic E-state index is 11.8. The van der Waals surface area contributed by atoms with Crippen LogP contribution in [-0.4, -0.2) is 49.9 Å². The number of amides is 2. The second kappa shape index (κ2) is 6.75. The van der Waals surface area contributed by atoms with Crippen LogP contribution < -0.4 is 5.32 Å². The summed E-state index contributed by atoms with van der Waals surface area (Å²) in [5.74, 6) is -1.17. The number of thiophene rings is 1. The van der Waals surface area contributed by atoms with E-state index in [-0.39, 0.29) is 19.0 Å². The number of likely N-dealkylation sites (N-methyl/N-ethyl adjacent to an activating group) is 1. The third kappa shape index (κ3) is 4.17. The van der Waals surface area contributed by atoms with Crippen molar-refractivity contribution < 1.29 is 19.1 Å². The van der Waals surface area contributed by atoms with Crippen LogP contribution >= 0.6 is 11.3 Å². The molecule has 98 valence electrons. The number of nitrogens with zero attached hydrogens (tertiary/aromatic N) is 1. The molecule has 0 unspecified atom stereocenters. The Labute approximate surface area is 109 Å². The number of carbonyl (C=O) groups excluding carboxylic acids is 3. The lowest BCUT2D eigenvalue weighted by Crippen LogP contribution is -2.40. The van der Waals surface area contributed by atoms with Gasteiger partial charge < -0.3 is 15.0 Å². The monoisotopic (exact) mass is 270 g/mol. The van der Waals surface area contributed by atoms with Crippen LogP contribution in [0, 0.1) is 0 Å². The molecular formula is C11H14N2O4S. The molecule has 7 heteroatoms. The minimum Gasteiger partial charge on any atom is -0.468 e. The molecule has 0 fully saturated rings. The third-order valence-corrected chi connectivity index (χ3v) is 2.97. The van der Waals surface area contributed by atoms with E-state index in [0.29, 0.717) is 4.88 Å². The molecule has 0 atom stereocenters. The minimum atomic E-state index is -0.532. The lowest BCUT2D eigenvalue weighted by molar-refractivity contribution is -0.141. The first-order valence-electron chi connectivity index (χ1n) is 5.17. The molecule has 0 aliphatic carbocycles. The average molecular weight is 270 g/mol. The van der Waals surface area contributed by atoms with Gasteiger partial charge in [0, 0.05) is 7.05 Å². The fourth-order valence-corrected chi connectivity index (χ4v) is 1.89. The van der Waals surface area contributed by atoms with E-state index in [0.717, 1.165) is 0 Å². The molecule has 6 nitrogen and oxygen atoms in total. The standard InChI is InChI=1S/C11H14N2O4S/c1-13(11(16)8-4-3-5-18-8)7-9(14)12-6-10(15)17-2/h3-5H,6-7H2,1-2H3,(H,12,14). The summed E-state index contributed by atoms with van der Waals surface area (Å²) in [6.07, 6.45) is 0. The first kappa shape index (κ1) is 14.2. The van der Waals surface area contributed by atoms with Gasteiger partial charge in [-0.2, -0.15) is 0 Å². The van der Waals surface area contributed by atoms with Crippen LogP contribution in [0.4, 0.5) is 0 Å². The summed E-state index contributed by atoms with van der Waals surface area (Å²) >= 11 is 1.31. The lowest BCUT2D eigenvalue weighted by atomic mass is 10.4. The van der Waals surface area contributed by atoms with Crippen molar-refractivity contribution in [3.63, 3.8) is 0 Å². The van der Waals surface area contributed by atoms with Gasteiger partial charge in [-0.25, -0.2) is 0 Å². The van der Waals surface area contributed by atoms with Crippen LogP contribution in [0.15, 0.2) is 17.5 Å². The number of esters is 1. The summed E-state index contributed by atoms with van der Waals surface area (Å²) in [4.78, 5) is 35.9. The van der Waals surface area contributed by atoms with Crippen molar-refractivity contribution in [2.45, 2.75) is 0 Å². The van der Waals surface area contributed by atoms with E-state index in [1.807, 2.05) is 0 Å².